The van der Waals surface area contributed by atoms with Crippen LogP contribution >= 0.6 is 0 Å². The molecule has 0 unspecified atom stereocenters. The minimum Gasteiger partial charge on any atom is -0.343 e. The Morgan fingerprint density at radius 2 is 2.00 bits per heavy atom. The van der Waals surface area contributed by atoms with E-state index < -0.39 is 0 Å². The monoisotopic (exact) mass is 295 g/mol. The predicted molar refractivity (Wildman–Crippen MR) is 86.2 cm³/mol. The molecule has 1 aromatic carbocycles. The van der Waals surface area contributed by atoms with Gasteiger partial charge in [0.15, 0.2) is 0 Å². The maximum Gasteiger partial charge on any atom is 0.219 e. The number of rotatable bonds is 3. The van der Waals surface area contributed by atoms with Crippen LogP contribution in [0.1, 0.15) is 25.5 Å². The summed E-state index contributed by atoms with van der Waals surface area (Å²) >= 11 is 0. The van der Waals surface area contributed by atoms with Crippen molar-refractivity contribution in [2.75, 3.05) is 13.1 Å². The van der Waals surface area contributed by atoms with Crippen LogP contribution in [0.3, 0.4) is 0 Å². The summed E-state index contributed by atoms with van der Waals surface area (Å²) < 4.78 is 0. The summed E-state index contributed by atoms with van der Waals surface area (Å²) in [6.07, 6.45) is 6.60. The lowest BCUT2D eigenvalue weighted by molar-refractivity contribution is -0.130. The molecule has 4 nitrogen and oxygen atoms in total. The van der Waals surface area contributed by atoms with Gasteiger partial charge in [0, 0.05) is 38.0 Å². The van der Waals surface area contributed by atoms with Crippen LogP contribution in [-0.2, 0) is 11.2 Å². The second-order valence-electron chi connectivity index (χ2n) is 5.90. The number of hydrogen-bond acceptors (Lipinski definition) is 3. The summed E-state index contributed by atoms with van der Waals surface area (Å²) in [5.41, 5.74) is 3.09. The van der Waals surface area contributed by atoms with Crippen molar-refractivity contribution < 1.29 is 4.79 Å². The van der Waals surface area contributed by atoms with E-state index in [1.807, 2.05) is 23.1 Å². The molecule has 0 bridgehead atoms. The maximum absolute atomic E-state index is 11.6. The number of carbonyl (C=O) groups excluding carboxylic acids is 1. The van der Waals surface area contributed by atoms with E-state index in [4.69, 9.17) is 0 Å². The third-order valence-electron chi connectivity index (χ3n) is 4.27. The SMILES string of the molecule is CC(=O)N1CCC[C@@H](Cc2nccnc2-c2ccccc2)C1. The summed E-state index contributed by atoms with van der Waals surface area (Å²) in [6, 6.07) is 10.2. The summed E-state index contributed by atoms with van der Waals surface area (Å²) in [5.74, 6) is 0.643. The van der Waals surface area contributed by atoms with E-state index in [2.05, 4.69) is 22.1 Å². The van der Waals surface area contributed by atoms with Gasteiger partial charge in [0.2, 0.25) is 5.91 Å². The summed E-state index contributed by atoms with van der Waals surface area (Å²) in [4.78, 5) is 22.6. The lowest BCUT2D eigenvalue weighted by atomic mass is 9.91. The largest absolute Gasteiger partial charge is 0.343 e. The topological polar surface area (TPSA) is 46.1 Å². The Balaban J connectivity index is 1.80. The van der Waals surface area contributed by atoms with E-state index in [-0.39, 0.29) is 5.91 Å². The van der Waals surface area contributed by atoms with Crippen molar-refractivity contribution in [2.45, 2.75) is 26.2 Å². The van der Waals surface area contributed by atoms with Gasteiger partial charge in [-0.3, -0.25) is 14.8 Å². The Morgan fingerprint density at radius 3 is 2.77 bits per heavy atom. The number of carbonyl (C=O) groups is 1. The van der Waals surface area contributed by atoms with E-state index in [1.165, 1.54) is 0 Å². The average molecular weight is 295 g/mol. The first-order valence-electron chi connectivity index (χ1n) is 7.85. The van der Waals surface area contributed by atoms with Gasteiger partial charge in [-0.2, -0.15) is 0 Å². The quantitative estimate of drug-likeness (QED) is 0.874. The second-order valence-corrected chi connectivity index (χ2v) is 5.90. The zero-order valence-electron chi connectivity index (χ0n) is 12.9. The van der Waals surface area contributed by atoms with Crippen molar-refractivity contribution in [3.63, 3.8) is 0 Å². The molecule has 1 amide bonds. The maximum atomic E-state index is 11.6. The second kappa shape index (κ2) is 6.69. The Hall–Kier alpha value is -2.23. The third kappa shape index (κ3) is 3.32. The van der Waals surface area contributed by atoms with Crippen LogP contribution in [0.2, 0.25) is 0 Å². The van der Waals surface area contributed by atoms with Gasteiger partial charge in [-0.15, -0.1) is 0 Å². The minimum atomic E-state index is 0.173. The van der Waals surface area contributed by atoms with E-state index in [0.717, 1.165) is 49.3 Å². The molecule has 3 rings (SSSR count). The number of amides is 1. The van der Waals surface area contributed by atoms with Crippen molar-refractivity contribution in [2.24, 2.45) is 5.92 Å². The fourth-order valence-corrected chi connectivity index (χ4v) is 3.14. The first kappa shape index (κ1) is 14.7. The molecule has 4 heteroatoms. The molecular weight excluding hydrogens is 274 g/mol. The number of hydrogen-bond donors (Lipinski definition) is 0. The number of aromatic nitrogens is 2. The molecule has 0 radical (unpaired) electrons. The molecule has 0 aliphatic carbocycles. The van der Waals surface area contributed by atoms with Gasteiger partial charge in [-0.25, -0.2) is 0 Å². The number of likely N-dealkylation sites (tertiary alicyclic amines) is 1. The lowest BCUT2D eigenvalue weighted by Crippen LogP contribution is -2.39. The number of piperidine rings is 1. The highest BCUT2D eigenvalue weighted by atomic mass is 16.2. The molecule has 1 atom stereocenters. The van der Waals surface area contributed by atoms with Crippen molar-refractivity contribution in [1.29, 1.82) is 0 Å². The van der Waals surface area contributed by atoms with Gasteiger partial charge in [-0.05, 0) is 25.2 Å². The Labute approximate surface area is 131 Å². The Bertz CT molecular complexity index is 642. The predicted octanol–water partition coefficient (Wildman–Crippen LogP) is 2.94. The first-order valence-corrected chi connectivity index (χ1v) is 7.85. The molecule has 1 saturated heterocycles. The third-order valence-corrected chi connectivity index (χ3v) is 4.27. The van der Waals surface area contributed by atoms with Crippen LogP contribution in [0.5, 0.6) is 0 Å². The first-order chi connectivity index (χ1) is 10.7. The van der Waals surface area contributed by atoms with E-state index >= 15 is 0 Å². The fraction of sp³-hybridized carbons (Fsp3) is 0.389. The minimum absolute atomic E-state index is 0.173. The van der Waals surface area contributed by atoms with Gasteiger partial charge < -0.3 is 4.90 Å². The van der Waals surface area contributed by atoms with Crippen LogP contribution < -0.4 is 0 Å². The van der Waals surface area contributed by atoms with E-state index in [1.54, 1.807) is 19.3 Å². The zero-order chi connectivity index (χ0) is 15.4. The Kier molecular flexibility index (Phi) is 4.47. The molecule has 0 spiro atoms. The standard InChI is InChI=1S/C18H21N3O/c1-14(22)21-11-5-6-15(13-21)12-17-18(20-10-9-19-17)16-7-3-2-4-8-16/h2-4,7-10,15H,5-6,11-13H2,1H3/t15-/m0/s1. The molecule has 0 N–H and O–H groups in total. The van der Waals surface area contributed by atoms with Crippen molar-refractivity contribution in [3.8, 4) is 11.3 Å². The normalized spacial score (nSPS) is 18.2. The molecule has 1 fully saturated rings. The average Bonchev–Trinajstić information content (AvgIpc) is 2.56. The highest BCUT2D eigenvalue weighted by molar-refractivity contribution is 5.73. The molecule has 2 heterocycles. The van der Waals surface area contributed by atoms with E-state index in [0.29, 0.717) is 5.92 Å². The number of benzene rings is 1. The molecule has 1 aliphatic heterocycles. The summed E-state index contributed by atoms with van der Waals surface area (Å²) in [7, 11) is 0. The van der Waals surface area contributed by atoms with Crippen LogP contribution in [0, 0.1) is 5.92 Å². The molecule has 2 aromatic rings. The smallest absolute Gasteiger partial charge is 0.219 e. The molecular formula is C18H21N3O. The van der Waals surface area contributed by atoms with Crippen molar-refractivity contribution in [1.82, 2.24) is 14.9 Å². The molecule has 22 heavy (non-hydrogen) atoms. The van der Waals surface area contributed by atoms with Gasteiger partial charge in [0.1, 0.15) is 0 Å². The Morgan fingerprint density at radius 1 is 1.23 bits per heavy atom. The van der Waals surface area contributed by atoms with Crippen LogP contribution in [0.15, 0.2) is 42.7 Å². The van der Waals surface area contributed by atoms with Crippen molar-refractivity contribution >= 4 is 5.91 Å². The molecule has 1 aromatic heterocycles. The van der Waals surface area contributed by atoms with Gasteiger partial charge in [0.25, 0.3) is 0 Å². The fourth-order valence-electron chi connectivity index (χ4n) is 3.14. The summed E-state index contributed by atoms with van der Waals surface area (Å²) in [6.45, 7) is 3.37. The van der Waals surface area contributed by atoms with Gasteiger partial charge >= 0.3 is 0 Å². The van der Waals surface area contributed by atoms with Crippen LogP contribution in [0.25, 0.3) is 11.3 Å². The highest BCUT2D eigenvalue weighted by Crippen LogP contribution is 2.25. The zero-order valence-corrected chi connectivity index (χ0v) is 12.9. The number of nitrogens with zero attached hydrogens (tertiary/aromatic N) is 3. The molecule has 1 aliphatic rings. The lowest BCUT2D eigenvalue weighted by Gasteiger charge is -2.32. The summed E-state index contributed by atoms with van der Waals surface area (Å²) in [5, 5.41) is 0. The van der Waals surface area contributed by atoms with Gasteiger partial charge in [-0.1, -0.05) is 30.3 Å². The van der Waals surface area contributed by atoms with E-state index in [9.17, 15) is 4.79 Å². The highest BCUT2D eigenvalue weighted by Gasteiger charge is 2.23. The molecule has 114 valence electrons. The van der Waals surface area contributed by atoms with Crippen molar-refractivity contribution in [3.05, 3.63) is 48.4 Å². The van der Waals surface area contributed by atoms with Crippen LogP contribution in [-0.4, -0.2) is 33.9 Å². The molecule has 0 saturated carbocycles. The van der Waals surface area contributed by atoms with Gasteiger partial charge in [0.05, 0.1) is 11.4 Å². The van der Waals surface area contributed by atoms with Crippen LogP contribution in [0.4, 0.5) is 0 Å².